The van der Waals surface area contributed by atoms with Crippen molar-refractivity contribution in [2.24, 2.45) is 0 Å². The Morgan fingerprint density at radius 1 is 1.40 bits per heavy atom. The molecular formula is C14H16N4O2. The topological polar surface area (TPSA) is 81.8 Å². The molecule has 20 heavy (non-hydrogen) atoms. The summed E-state index contributed by atoms with van der Waals surface area (Å²) in [6.07, 6.45) is 3.59. The number of imidazole rings is 1. The van der Waals surface area contributed by atoms with Crippen LogP contribution in [0, 0.1) is 6.92 Å². The highest BCUT2D eigenvalue weighted by atomic mass is 16.2. The van der Waals surface area contributed by atoms with Crippen molar-refractivity contribution in [3.05, 3.63) is 52.0 Å². The minimum atomic E-state index is -0.263. The number of carbonyl (C=O) groups excluding carboxylic acids is 1. The number of pyridine rings is 1. The van der Waals surface area contributed by atoms with Crippen molar-refractivity contribution in [1.29, 1.82) is 0 Å². The molecule has 2 aromatic rings. The number of aromatic amines is 2. The molecule has 3 heterocycles. The zero-order valence-corrected chi connectivity index (χ0v) is 11.2. The molecule has 0 unspecified atom stereocenters. The van der Waals surface area contributed by atoms with E-state index >= 15 is 0 Å². The van der Waals surface area contributed by atoms with Crippen LogP contribution in [0.2, 0.25) is 0 Å². The number of nitrogens with zero attached hydrogens (tertiary/aromatic N) is 2. The maximum absolute atomic E-state index is 12.5. The van der Waals surface area contributed by atoms with Gasteiger partial charge in [0.05, 0.1) is 6.04 Å². The lowest BCUT2D eigenvalue weighted by molar-refractivity contribution is 0.0724. The maximum Gasteiger partial charge on any atom is 0.270 e. The number of hydrogen-bond donors (Lipinski definition) is 2. The third-order valence-electron chi connectivity index (χ3n) is 3.55. The molecule has 0 radical (unpaired) electrons. The van der Waals surface area contributed by atoms with E-state index in [4.69, 9.17) is 0 Å². The van der Waals surface area contributed by atoms with Crippen LogP contribution in [-0.4, -0.2) is 32.3 Å². The lowest BCUT2D eigenvalue weighted by Gasteiger charge is -2.23. The summed E-state index contributed by atoms with van der Waals surface area (Å²) in [6.45, 7) is 2.62. The Balaban J connectivity index is 1.89. The van der Waals surface area contributed by atoms with Gasteiger partial charge in [-0.15, -0.1) is 0 Å². The fourth-order valence-corrected chi connectivity index (χ4v) is 2.62. The van der Waals surface area contributed by atoms with E-state index in [-0.39, 0.29) is 17.5 Å². The molecule has 3 rings (SSSR count). The largest absolute Gasteiger partial charge is 0.344 e. The molecule has 0 spiro atoms. The fraction of sp³-hybridized carbons (Fsp3) is 0.357. The summed E-state index contributed by atoms with van der Waals surface area (Å²) in [6, 6.07) is 4.58. The molecule has 2 N–H and O–H groups in total. The van der Waals surface area contributed by atoms with Crippen molar-refractivity contribution in [2.75, 3.05) is 6.54 Å². The van der Waals surface area contributed by atoms with Crippen molar-refractivity contribution in [3.8, 4) is 0 Å². The first-order chi connectivity index (χ1) is 9.65. The van der Waals surface area contributed by atoms with Crippen LogP contribution in [0.4, 0.5) is 0 Å². The highest BCUT2D eigenvalue weighted by Gasteiger charge is 2.32. The lowest BCUT2D eigenvalue weighted by atomic mass is 10.2. The SMILES string of the molecule is Cc1cnc([C@@H]2CCCN2C(=O)c2cccc(=O)[nH]2)[nH]1. The minimum Gasteiger partial charge on any atom is -0.344 e. The van der Waals surface area contributed by atoms with E-state index < -0.39 is 0 Å². The second-order valence-electron chi connectivity index (χ2n) is 5.04. The summed E-state index contributed by atoms with van der Waals surface area (Å²) in [5, 5.41) is 0. The van der Waals surface area contributed by atoms with Gasteiger partial charge in [-0.25, -0.2) is 4.98 Å². The molecule has 0 bridgehead atoms. The summed E-state index contributed by atoms with van der Waals surface area (Å²) >= 11 is 0. The number of carbonyl (C=O) groups is 1. The van der Waals surface area contributed by atoms with E-state index in [1.807, 2.05) is 6.92 Å². The Labute approximate surface area is 115 Å². The van der Waals surface area contributed by atoms with E-state index in [2.05, 4.69) is 15.0 Å². The first-order valence-electron chi connectivity index (χ1n) is 6.67. The third kappa shape index (κ3) is 2.24. The molecular weight excluding hydrogens is 256 g/mol. The monoisotopic (exact) mass is 272 g/mol. The van der Waals surface area contributed by atoms with Gasteiger partial charge in [0.25, 0.3) is 5.91 Å². The second kappa shape index (κ2) is 4.96. The zero-order chi connectivity index (χ0) is 14.1. The molecule has 6 nitrogen and oxygen atoms in total. The van der Waals surface area contributed by atoms with Crippen LogP contribution in [0.15, 0.2) is 29.2 Å². The molecule has 104 valence electrons. The average Bonchev–Trinajstić information content (AvgIpc) is 3.06. The fourth-order valence-electron chi connectivity index (χ4n) is 2.62. The summed E-state index contributed by atoms with van der Waals surface area (Å²) in [4.78, 5) is 35.7. The Morgan fingerprint density at radius 2 is 2.25 bits per heavy atom. The first kappa shape index (κ1) is 12.7. The zero-order valence-electron chi connectivity index (χ0n) is 11.2. The van der Waals surface area contributed by atoms with Crippen LogP contribution in [0.25, 0.3) is 0 Å². The molecule has 1 fully saturated rings. The third-order valence-corrected chi connectivity index (χ3v) is 3.55. The van der Waals surface area contributed by atoms with Crippen LogP contribution < -0.4 is 5.56 Å². The molecule has 0 aliphatic carbocycles. The number of rotatable bonds is 2. The van der Waals surface area contributed by atoms with Gasteiger partial charge in [0.15, 0.2) is 0 Å². The van der Waals surface area contributed by atoms with Gasteiger partial charge in [0.2, 0.25) is 5.56 Å². The van der Waals surface area contributed by atoms with Gasteiger partial charge in [-0.3, -0.25) is 9.59 Å². The van der Waals surface area contributed by atoms with Crippen molar-refractivity contribution in [3.63, 3.8) is 0 Å². The van der Waals surface area contributed by atoms with Gasteiger partial charge in [0, 0.05) is 24.5 Å². The molecule has 1 amide bonds. The van der Waals surface area contributed by atoms with Crippen molar-refractivity contribution in [2.45, 2.75) is 25.8 Å². The number of nitrogens with one attached hydrogen (secondary N) is 2. The van der Waals surface area contributed by atoms with Crippen LogP contribution in [0.3, 0.4) is 0 Å². The van der Waals surface area contributed by atoms with E-state index in [1.165, 1.54) is 6.07 Å². The van der Waals surface area contributed by atoms with E-state index in [9.17, 15) is 9.59 Å². The quantitative estimate of drug-likeness (QED) is 0.866. The highest BCUT2D eigenvalue weighted by molar-refractivity contribution is 5.92. The summed E-state index contributed by atoms with van der Waals surface area (Å²) < 4.78 is 0. The molecule has 0 saturated carbocycles. The van der Waals surface area contributed by atoms with E-state index in [0.29, 0.717) is 12.2 Å². The van der Waals surface area contributed by atoms with Crippen molar-refractivity contribution >= 4 is 5.91 Å². The van der Waals surface area contributed by atoms with Gasteiger partial charge in [-0.2, -0.15) is 0 Å². The molecule has 1 aliphatic heterocycles. The number of likely N-dealkylation sites (tertiary alicyclic amines) is 1. The summed E-state index contributed by atoms with van der Waals surface area (Å²) in [7, 11) is 0. The molecule has 0 aromatic carbocycles. The smallest absolute Gasteiger partial charge is 0.270 e. The van der Waals surface area contributed by atoms with Gasteiger partial charge >= 0.3 is 0 Å². The van der Waals surface area contributed by atoms with Crippen LogP contribution in [-0.2, 0) is 0 Å². The van der Waals surface area contributed by atoms with Gasteiger partial charge in [0.1, 0.15) is 11.5 Å². The van der Waals surface area contributed by atoms with Crippen molar-refractivity contribution in [1.82, 2.24) is 19.9 Å². The molecule has 1 saturated heterocycles. The second-order valence-corrected chi connectivity index (χ2v) is 5.04. The highest BCUT2D eigenvalue weighted by Crippen LogP contribution is 2.31. The van der Waals surface area contributed by atoms with Gasteiger partial charge < -0.3 is 14.9 Å². The predicted molar refractivity (Wildman–Crippen MR) is 73.4 cm³/mol. The number of amides is 1. The number of aromatic nitrogens is 3. The first-order valence-corrected chi connectivity index (χ1v) is 6.67. The van der Waals surface area contributed by atoms with Crippen LogP contribution in [0.1, 0.15) is 40.9 Å². The lowest BCUT2D eigenvalue weighted by Crippen LogP contribution is -2.32. The molecule has 1 atom stereocenters. The standard InChI is InChI=1S/C14H16N4O2/c1-9-8-15-13(16-9)11-5-3-7-18(11)14(20)10-4-2-6-12(19)17-10/h2,4,6,8,11H,3,5,7H2,1H3,(H,15,16)(H,17,19)/t11-/m0/s1. The summed E-state index contributed by atoms with van der Waals surface area (Å²) in [5.41, 5.74) is 1.04. The molecule has 2 aromatic heterocycles. The predicted octanol–water partition coefficient (Wildman–Crippen LogP) is 1.38. The number of aryl methyl sites for hydroxylation is 1. The summed E-state index contributed by atoms with van der Waals surface area (Å²) in [5.74, 6) is 0.658. The van der Waals surface area contributed by atoms with Crippen LogP contribution in [0.5, 0.6) is 0 Å². The maximum atomic E-state index is 12.5. The van der Waals surface area contributed by atoms with E-state index in [1.54, 1.807) is 23.2 Å². The Bertz CT molecular complexity index is 688. The molecule has 6 heteroatoms. The normalized spacial score (nSPS) is 18.4. The number of hydrogen-bond acceptors (Lipinski definition) is 3. The molecule has 1 aliphatic rings. The van der Waals surface area contributed by atoms with Crippen LogP contribution >= 0.6 is 0 Å². The van der Waals surface area contributed by atoms with Crippen molar-refractivity contribution < 1.29 is 4.79 Å². The van der Waals surface area contributed by atoms with Gasteiger partial charge in [-0.05, 0) is 25.8 Å². The Hall–Kier alpha value is -2.37. The van der Waals surface area contributed by atoms with E-state index in [0.717, 1.165) is 24.4 Å². The number of H-pyrrole nitrogens is 2. The average molecular weight is 272 g/mol. The Morgan fingerprint density at radius 3 is 2.95 bits per heavy atom. The Kier molecular flexibility index (Phi) is 3.14. The minimum absolute atomic E-state index is 0.0418. The van der Waals surface area contributed by atoms with Gasteiger partial charge in [-0.1, -0.05) is 6.07 Å².